The normalized spacial score (nSPS) is 15.2. The van der Waals surface area contributed by atoms with Gasteiger partial charge in [-0.05, 0) is 50.3 Å². The molecule has 0 spiro atoms. The Morgan fingerprint density at radius 1 is 1.03 bits per heavy atom. The van der Waals surface area contributed by atoms with Gasteiger partial charge in [0, 0.05) is 46.1 Å². The van der Waals surface area contributed by atoms with Gasteiger partial charge in [-0.15, -0.1) is 0 Å². The Balaban J connectivity index is 1.39. The molecule has 1 heterocycles. The molecular weight excluding hydrogens is 388 g/mol. The second kappa shape index (κ2) is 12.2. The molecule has 2 aromatic rings. The second-order valence-corrected chi connectivity index (χ2v) is 8.17. The first kappa shape index (κ1) is 22.9. The van der Waals surface area contributed by atoms with Gasteiger partial charge in [-0.3, -0.25) is 4.99 Å². The van der Waals surface area contributed by atoms with Crippen molar-refractivity contribution in [1.82, 2.24) is 15.1 Å². The Hall–Kier alpha value is -2.73. The maximum atomic E-state index is 6.10. The van der Waals surface area contributed by atoms with Crippen LogP contribution in [0.3, 0.4) is 0 Å². The highest BCUT2D eigenvalue weighted by molar-refractivity contribution is 5.80. The van der Waals surface area contributed by atoms with Gasteiger partial charge in [-0.2, -0.15) is 0 Å². The highest BCUT2D eigenvalue weighted by Crippen LogP contribution is 2.19. The monoisotopic (exact) mass is 424 g/mol. The number of hydrogen-bond donors (Lipinski definition) is 1. The molecule has 1 saturated heterocycles. The first-order valence-corrected chi connectivity index (χ1v) is 11.2. The molecule has 0 radical (unpaired) electrons. The van der Waals surface area contributed by atoms with Crippen LogP contribution in [-0.4, -0.2) is 69.2 Å². The third kappa shape index (κ3) is 7.79. The number of nitrogens with one attached hydrogen (secondary N) is 1. The number of piperidine rings is 1. The van der Waals surface area contributed by atoms with E-state index in [1.165, 1.54) is 5.56 Å². The van der Waals surface area contributed by atoms with Crippen molar-refractivity contribution in [2.45, 2.75) is 31.9 Å². The first-order chi connectivity index (χ1) is 15.1. The van der Waals surface area contributed by atoms with Crippen molar-refractivity contribution in [2.75, 3.05) is 47.4 Å². The van der Waals surface area contributed by atoms with E-state index >= 15 is 0 Å². The Morgan fingerprint density at radius 3 is 2.39 bits per heavy atom. The van der Waals surface area contributed by atoms with Gasteiger partial charge in [-0.25, -0.2) is 0 Å². The molecule has 0 unspecified atom stereocenters. The van der Waals surface area contributed by atoms with Crippen molar-refractivity contribution >= 4 is 5.96 Å². The summed E-state index contributed by atoms with van der Waals surface area (Å²) in [6, 6.07) is 18.4. The van der Waals surface area contributed by atoms with Crippen molar-refractivity contribution < 1.29 is 9.47 Å². The van der Waals surface area contributed by atoms with E-state index in [1.54, 1.807) is 0 Å². The number of para-hydroxylation sites is 1. The zero-order valence-corrected chi connectivity index (χ0v) is 19.1. The van der Waals surface area contributed by atoms with Crippen molar-refractivity contribution in [3.8, 4) is 11.5 Å². The Labute approximate surface area is 186 Å². The molecule has 0 amide bonds. The number of rotatable bonds is 9. The molecule has 6 nitrogen and oxygen atoms in total. The highest BCUT2D eigenvalue weighted by atomic mass is 16.5. The smallest absolute Gasteiger partial charge is 0.193 e. The molecule has 1 N–H and O–H groups in total. The summed E-state index contributed by atoms with van der Waals surface area (Å²) in [6.45, 7) is 4.41. The van der Waals surface area contributed by atoms with Crippen LogP contribution in [0.5, 0.6) is 11.5 Å². The van der Waals surface area contributed by atoms with Crippen LogP contribution in [0.15, 0.2) is 59.6 Å². The number of aliphatic imine (C=N–C) groups is 1. The summed E-state index contributed by atoms with van der Waals surface area (Å²) in [6.07, 6.45) is 3.28. The molecule has 1 fully saturated rings. The van der Waals surface area contributed by atoms with Crippen LogP contribution in [0.2, 0.25) is 0 Å². The number of likely N-dealkylation sites (tertiary alicyclic amines) is 1. The third-order valence-electron chi connectivity index (χ3n) is 5.39. The molecule has 3 rings (SSSR count). The Kier molecular flexibility index (Phi) is 9.03. The first-order valence-electron chi connectivity index (χ1n) is 11.2. The number of ether oxygens (including phenoxy) is 2. The Morgan fingerprint density at radius 2 is 1.74 bits per heavy atom. The van der Waals surface area contributed by atoms with Crippen LogP contribution in [0.25, 0.3) is 0 Å². The lowest BCUT2D eigenvalue weighted by Gasteiger charge is -2.34. The van der Waals surface area contributed by atoms with Crippen LogP contribution < -0.4 is 14.8 Å². The predicted octanol–water partition coefficient (Wildman–Crippen LogP) is 3.64. The SMILES string of the molecule is CN=C(NCc1ccc(OCCCN(C)C)cc1)N1CCC(Oc2ccccc2)CC1. The van der Waals surface area contributed by atoms with Crippen molar-refractivity contribution in [2.24, 2.45) is 4.99 Å². The predicted molar refractivity (Wildman–Crippen MR) is 127 cm³/mol. The van der Waals surface area contributed by atoms with Crippen molar-refractivity contribution in [3.05, 3.63) is 60.2 Å². The molecule has 6 heteroatoms. The van der Waals surface area contributed by atoms with E-state index in [1.807, 2.05) is 49.5 Å². The number of nitrogens with zero attached hydrogens (tertiary/aromatic N) is 3. The minimum atomic E-state index is 0.266. The zero-order chi connectivity index (χ0) is 21.9. The van der Waals surface area contributed by atoms with Gasteiger partial charge in [0.1, 0.15) is 17.6 Å². The average molecular weight is 425 g/mol. The van der Waals surface area contributed by atoms with Crippen LogP contribution in [0.1, 0.15) is 24.8 Å². The van der Waals surface area contributed by atoms with Crippen LogP contribution >= 0.6 is 0 Å². The van der Waals surface area contributed by atoms with Crippen LogP contribution in [-0.2, 0) is 6.54 Å². The zero-order valence-electron chi connectivity index (χ0n) is 19.1. The summed E-state index contributed by atoms with van der Waals surface area (Å²) in [5, 5.41) is 3.49. The molecule has 31 heavy (non-hydrogen) atoms. The van der Waals surface area contributed by atoms with E-state index in [9.17, 15) is 0 Å². The lowest BCUT2D eigenvalue weighted by molar-refractivity contribution is 0.129. The van der Waals surface area contributed by atoms with Gasteiger partial charge in [0.05, 0.1) is 6.61 Å². The summed E-state index contributed by atoms with van der Waals surface area (Å²) in [7, 11) is 6.01. The van der Waals surface area contributed by atoms with Gasteiger partial charge in [0.15, 0.2) is 5.96 Å². The fraction of sp³-hybridized carbons (Fsp3) is 0.480. The van der Waals surface area contributed by atoms with E-state index in [2.05, 4.69) is 46.3 Å². The molecule has 0 saturated carbocycles. The minimum absolute atomic E-state index is 0.266. The van der Waals surface area contributed by atoms with Gasteiger partial charge in [-0.1, -0.05) is 30.3 Å². The lowest BCUT2D eigenvalue weighted by Crippen LogP contribution is -2.47. The van der Waals surface area contributed by atoms with Gasteiger partial charge in [0.2, 0.25) is 0 Å². The largest absolute Gasteiger partial charge is 0.494 e. The molecular formula is C25H36N4O2. The molecule has 1 aliphatic rings. The Bertz CT molecular complexity index is 785. The summed E-state index contributed by atoms with van der Waals surface area (Å²) in [5.41, 5.74) is 1.21. The summed E-state index contributed by atoms with van der Waals surface area (Å²) < 4.78 is 11.9. The number of hydrogen-bond acceptors (Lipinski definition) is 4. The van der Waals surface area contributed by atoms with E-state index in [0.717, 1.165) is 69.5 Å². The van der Waals surface area contributed by atoms with Crippen molar-refractivity contribution in [1.29, 1.82) is 0 Å². The third-order valence-corrected chi connectivity index (χ3v) is 5.39. The lowest BCUT2D eigenvalue weighted by atomic mass is 10.1. The standard InChI is InChI=1S/C25H36N4O2/c1-26-25(29-17-14-24(15-18-29)31-23-8-5-4-6-9-23)27-20-21-10-12-22(13-11-21)30-19-7-16-28(2)3/h4-6,8-13,24H,7,14-20H2,1-3H3,(H,26,27). The summed E-state index contributed by atoms with van der Waals surface area (Å²) in [4.78, 5) is 8.96. The quantitative estimate of drug-likeness (QED) is 0.378. The van der Waals surface area contributed by atoms with E-state index in [4.69, 9.17) is 9.47 Å². The molecule has 0 atom stereocenters. The summed E-state index contributed by atoms with van der Waals surface area (Å²) >= 11 is 0. The van der Waals surface area contributed by atoms with Gasteiger partial charge < -0.3 is 24.6 Å². The fourth-order valence-corrected chi connectivity index (χ4v) is 3.66. The maximum Gasteiger partial charge on any atom is 0.193 e. The fourth-order valence-electron chi connectivity index (χ4n) is 3.66. The van der Waals surface area contributed by atoms with Gasteiger partial charge in [0.25, 0.3) is 0 Å². The second-order valence-electron chi connectivity index (χ2n) is 8.17. The average Bonchev–Trinajstić information content (AvgIpc) is 2.79. The number of guanidine groups is 1. The highest BCUT2D eigenvalue weighted by Gasteiger charge is 2.22. The van der Waals surface area contributed by atoms with E-state index in [0.29, 0.717) is 0 Å². The molecule has 168 valence electrons. The van der Waals surface area contributed by atoms with Crippen LogP contribution in [0, 0.1) is 0 Å². The van der Waals surface area contributed by atoms with E-state index < -0.39 is 0 Å². The van der Waals surface area contributed by atoms with Gasteiger partial charge >= 0.3 is 0 Å². The summed E-state index contributed by atoms with van der Waals surface area (Å²) in [5.74, 6) is 2.82. The molecule has 0 bridgehead atoms. The van der Waals surface area contributed by atoms with Crippen molar-refractivity contribution in [3.63, 3.8) is 0 Å². The number of benzene rings is 2. The molecule has 0 aliphatic carbocycles. The molecule has 2 aromatic carbocycles. The van der Waals surface area contributed by atoms with E-state index in [-0.39, 0.29) is 6.10 Å². The molecule has 1 aliphatic heterocycles. The maximum absolute atomic E-state index is 6.10. The topological polar surface area (TPSA) is 49.3 Å². The molecule has 0 aromatic heterocycles. The minimum Gasteiger partial charge on any atom is -0.494 e. The van der Waals surface area contributed by atoms with Crippen LogP contribution in [0.4, 0.5) is 0 Å².